The Labute approximate surface area is 119 Å². The van der Waals surface area contributed by atoms with Crippen molar-refractivity contribution in [3.05, 3.63) is 71.8 Å². The fraction of sp³-hybridized carbons (Fsp3) is 0.235. The first-order valence-electron chi connectivity index (χ1n) is 6.91. The molecule has 2 aromatic rings. The van der Waals surface area contributed by atoms with Gasteiger partial charge in [-0.3, -0.25) is 9.69 Å². The van der Waals surface area contributed by atoms with Gasteiger partial charge in [0, 0.05) is 0 Å². The van der Waals surface area contributed by atoms with E-state index in [2.05, 4.69) is 34.5 Å². The van der Waals surface area contributed by atoms with Crippen LogP contribution < -0.4 is 5.32 Å². The largest absolute Gasteiger partial charge is 0.342 e. The minimum atomic E-state index is -0.111. The number of rotatable bonds is 3. The number of carbonyl (C=O) groups excluding carboxylic acids is 1. The van der Waals surface area contributed by atoms with Gasteiger partial charge in [0.25, 0.3) is 0 Å². The molecule has 0 spiro atoms. The van der Waals surface area contributed by atoms with E-state index in [0.29, 0.717) is 6.67 Å². The van der Waals surface area contributed by atoms with Gasteiger partial charge in [0.2, 0.25) is 5.91 Å². The van der Waals surface area contributed by atoms with E-state index in [0.717, 1.165) is 0 Å². The third-order valence-corrected chi connectivity index (χ3v) is 3.88. The highest BCUT2D eigenvalue weighted by Crippen LogP contribution is 2.31. The van der Waals surface area contributed by atoms with E-state index >= 15 is 0 Å². The van der Waals surface area contributed by atoms with Gasteiger partial charge in [-0.1, -0.05) is 60.7 Å². The first kappa shape index (κ1) is 12.9. The lowest BCUT2D eigenvalue weighted by Crippen LogP contribution is -2.34. The van der Waals surface area contributed by atoms with E-state index in [-0.39, 0.29) is 18.0 Å². The van der Waals surface area contributed by atoms with Crippen LogP contribution >= 0.6 is 0 Å². The molecule has 0 radical (unpaired) electrons. The average molecular weight is 266 g/mol. The van der Waals surface area contributed by atoms with Crippen molar-refractivity contribution in [1.29, 1.82) is 0 Å². The fourth-order valence-electron chi connectivity index (χ4n) is 2.77. The molecule has 2 aromatic carbocycles. The predicted octanol–water partition coefficient (Wildman–Crippen LogP) is 2.55. The third-order valence-electron chi connectivity index (χ3n) is 3.88. The Morgan fingerprint density at radius 1 is 1.00 bits per heavy atom. The minimum Gasteiger partial charge on any atom is -0.342 e. The van der Waals surface area contributed by atoms with Crippen LogP contribution in [0.1, 0.15) is 24.1 Å². The van der Waals surface area contributed by atoms with E-state index in [9.17, 15) is 4.79 Å². The van der Waals surface area contributed by atoms with Crippen LogP contribution in [-0.2, 0) is 4.79 Å². The van der Waals surface area contributed by atoms with Gasteiger partial charge >= 0.3 is 0 Å². The Bertz CT molecular complexity index is 543. The summed E-state index contributed by atoms with van der Waals surface area (Å²) in [5.41, 5.74) is 2.42. The monoisotopic (exact) mass is 266 g/mol. The second kappa shape index (κ2) is 5.47. The van der Waals surface area contributed by atoms with Crippen LogP contribution in [0.5, 0.6) is 0 Å². The summed E-state index contributed by atoms with van der Waals surface area (Å²) >= 11 is 0. The highest BCUT2D eigenvalue weighted by atomic mass is 16.2. The normalized spacial score (nSPS) is 19.3. The Kier molecular flexibility index (Phi) is 3.52. The van der Waals surface area contributed by atoms with Crippen LogP contribution in [0.25, 0.3) is 0 Å². The molecule has 0 saturated carbocycles. The van der Waals surface area contributed by atoms with Crippen LogP contribution in [0.15, 0.2) is 60.7 Å². The average Bonchev–Trinajstić information content (AvgIpc) is 2.82. The summed E-state index contributed by atoms with van der Waals surface area (Å²) in [5, 5.41) is 2.93. The van der Waals surface area contributed by atoms with Crippen LogP contribution in [0.4, 0.5) is 0 Å². The van der Waals surface area contributed by atoms with Crippen molar-refractivity contribution in [3.63, 3.8) is 0 Å². The molecule has 3 rings (SSSR count). The van der Waals surface area contributed by atoms with E-state index in [1.54, 1.807) is 0 Å². The SMILES string of the molecule is CC1C(=O)NCN1C(c1ccccc1)c1ccccc1. The molecule has 1 unspecified atom stereocenters. The zero-order valence-corrected chi connectivity index (χ0v) is 11.5. The maximum atomic E-state index is 11.8. The number of hydrogen-bond acceptors (Lipinski definition) is 2. The molecule has 20 heavy (non-hydrogen) atoms. The molecule has 1 aliphatic heterocycles. The zero-order chi connectivity index (χ0) is 13.9. The predicted molar refractivity (Wildman–Crippen MR) is 79.0 cm³/mol. The summed E-state index contributed by atoms with van der Waals surface area (Å²) in [6.45, 7) is 2.55. The number of hydrogen-bond donors (Lipinski definition) is 1. The molecule has 0 aliphatic carbocycles. The van der Waals surface area contributed by atoms with Crippen LogP contribution in [0, 0.1) is 0 Å². The molecule has 1 atom stereocenters. The summed E-state index contributed by atoms with van der Waals surface area (Å²) in [5.74, 6) is 0.0989. The molecule has 0 bridgehead atoms. The van der Waals surface area contributed by atoms with Crippen molar-refractivity contribution < 1.29 is 4.79 Å². The topological polar surface area (TPSA) is 32.3 Å². The number of nitrogens with one attached hydrogen (secondary N) is 1. The molecule has 1 saturated heterocycles. The first-order chi connectivity index (χ1) is 9.77. The fourth-order valence-corrected chi connectivity index (χ4v) is 2.77. The van der Waals surface area contributed by atoms with Crippen molar-refractivity contribution in [2.45, 2.75) is 19.0 Å². The maximum Gasteiger partial charge on any atom is 0.238 e. The van der Waals surface area contributed by atoms with Gasteiger partial charge in [0.1, 0.15) is 0 Å². The van der Waals surface area contributed by atoms with Gasteiger partial charge in [0.05, 0.1) is 18.8 Å². The molecule has 1 N–H and O–H groups in total. The minimum absolute atomic E-state index is 0.0989. The van der Waals surface area contributed by atoms with Gasteiger partial charge in [-0.15, -0.1) is 0 Å². The molecule has 0 aromatic heterocycles. The summed E-state index contributed by atoms with van der Waals surface area (Å²) in [4.78, 5) is 14.0. The Morgan fingerprint density at radius 2 is 1.50 bits per heavy atom. The van der Waals surface area contributed by atoms with Gasteiger partial charge in [-0.25, -0.2) is 0 Å². The van der Waals surface area contributed by atoms with Crippen LogP contribution in [0.2, 0.25) is 0 Å². The molecule has 3 heteroatoms. The van der Waals surface area contributed by atoms with E-state index in [4.69, 9.17) is 0 Å². The second-order valence-electron chi connectivity index (χ2n) is 5.11. The summed E-state index contributed by atoms with van der Waals surface area (Å²) < 4.78 is 0. The van der Waals surface area contributed by atoms with Crippen molar-refractivity contribution in [3.8, 4) is 0 Å². The number of nitrogens with zero attached hydrogens (tertiary/aromatic N) is 1. The molecule has 102 valence electrons. The molecular weight excluding hydrogens is 248 g/mol. The number of amides is 1. The van der Waals surface area contributed by atoms with Crippen LogP contribution in [-0.4, -0.2) is 23.5 Å². The molecule has 1 fully saturated rings. The molecule has 1 aliphatic rings. The molecule has 1 amide bonds. The van der Waals surface area contributed by atoms with Crippen molar-refractivity contribution in [2.24, 2.45) is 0 Å². The Balaban J connectivity index is 2.03. The van der Waals surface area contributed by atoms with Crippen molar-refractivity contribution in [1.82, 2.24) is 10.2 Å². The van der Waals surface area contributed by atoms with Gasteiger partial charge in [0.15, 0.2) is 0 Å². The standard InChI is InChI=1S/C17H18N2O/c1-13-17(20)18-12-19(13)16(14-8-4-2-5-9-14)15-10-6-3-7-11-15/h2-11,13,16H,12H2,1H3,(H,18,20). The van der Waals surface area contributed by atoms with E-state index in [1.807, 2.05) is 43.3 Å². The number of benzene rings is 2. The lowest BCUT2D eigenvalue weighted by Gasteiger charge is -2.30. The van der Waals surface area contributed by atoms with Gasteiger partial charge in [-0.05, 0) is 18.1 Å². The highest BCUT2D eigenvalue weighted by Gasteiger charge is 2.34. The van der Waals surface area contributed by atoms with Crippen LogP contribution in [0.3, 0.4) is 0 Å². The van der Waals surface area contributed by atoms with Gasteiger partial charge < -0.3 is 5.32 Å². The first-order valence-corrected chi connectivity index (χ1v) is 6.91. The molecule has 3 nitrogen and oxygen atoms in total. The Hall–Kier alpha value is -2.13. The highest BCUT2D eigenvalue weighted by molar-refractivity contribution is 5.83. The number of carbonyl (C=O) groups is 1. The summed E-state index contributed by atoms with van der Waals surface area (Å²) in [6, 6.07) is 20.7. The second-order valence-corrected chi connectivity index (χ2v) is 5.11. The van der Waals surface area contributed by atoms with Gasteiger partial charge in [-0.2, -0.15) is 0 Å². The molecular formula is C17H18N2O. The lowest BCUT2D eigenvalue weighted by atomic mass is 9.96. The maximum absolute atomic E-state index is 11.8. The Morgan fingerprint density at radius 3 is 1.90 bits per heavy atom. The lowest BCUT2D eigenvalue weighted by molar-refractivity contribution is -0.121. The van der Waals surface area contributed by atoms with E-state index in [1.165, 1.54) is 11.1 Å². The summed E-state index contributed by atoms with van der Waals surface area (Å²) in [6.07, 6.45) is 0. The third kappa shape index (κ3) is 2.32. The zero-order valence-electron chi connectivity index (χ0n) is 11.5. The smallest absolute Gasteiger partial charge is 0.238 e. The quantitative estimate of drug-likeness (QED) is 0.926. The molecule has 1 heterocycles. The van der Waals surface area contributed by atoms with E-state index < -0.39 is 0 Å². The van der Waals surface area contributed by atoms with Crippen molar-refractivity contribution in [2.75, 3.05) is 6.67 Å². The summed E-state index contributed by atoms with van der Waals surface area (Å²) in [7, 11) is 0. The van der Waals surface area contributed by atoms with Crippen molar-refractivity contribution >= 4 is 5.91 Å².